The number of hydrogen-bond acceptors (Lipinski definition) is 6. The highest BCUT2D eigenvalue weighted by Crippen LogP contribution is 2.29. The highest BCUT2D eigenvalue weighted by molar-refractivity contribution is 7.99. The van der Waals surface area contributed by atoms with E-state index in [9.17, 15) is 4.79 Å². The highest BCUT2D eigenvalue weighted by atomic mass is 32.2. The van der Waals surface area contributed by atoms with Gasteiger partial charge in [0.2, 0.25) is 11.9 Å². The van der Waals surface area contributed by atoms with Crippen LogP contribution in [0.1, 0.15) is 46.8 Å². The molecule has 0 unspecified atom stereocenters. The molecule has 0 bridgehead atoms. The molecule has 3 heterocycles. The fourth-order valence-electron chi connectivity index (χ4n) is 3.73. The molecular formula is C20H31N5O2S. The smallest absolute Gasteiger partial charge is 0.230 e. The van der Waals surface area contributed by atoms with Crippen molar-refractivity contribution in [1.82, 2.24) is 20.1 Å². The molecule has 8 heteroatoms. The summed E-state index contributed by atoms with van der Waals surface area (Å²) in [5, 5.41) is 12.6. The zero-order chi connectivity index (χ0) is 20.3. The van der Waals surface area contributed by atoms with Crippen molar-refractivity contribution in [3.8, 4) is 0 Å². The second-order valence-electron chi connectivity index (χ2n) is 8.89. The predicted molar refractivity (Wildman–Crippen MR) is 112 cm³/mol. The minimum Gasteiger partial charge on any atom is -0.467 e. The number of carbonyl (C=O) groups is 1. The summed E-state index contributed by atoms with van der Waals surface area (Å²) in [4.78, 5) is 14.5. The zero-order valence-electron chi connectivity index (χ0n) is 17.4. The van der Waals surface area contributed by atoms with Gasteiger partial charge < -0.3 is 14.6 Å². The van der Waals surface area contributed by atoms with Crippen molar-refractivity contribution in [3.05, 3.63) is 24.2 Å². The molecule has 7 nitrogen and oxygen atoms in total. The quantitative estimate of drug-likeness (QED) is 0.742. The minimum absolute atomic E-state index is 0.00758. The average Bonchev–Trinajstić information content (AvgIpc) is 3.21. The maximum atomic E-state index is 12.2. The molecule has 1 N–H and O–H groups in total. The van der Waals surface area contributed by atoms with Gasteiger partial charge in [-0.25, -0.2) is 0 Å². The summed E-state index contributed by atoms with van der Waals surface area (Å²) in [7, 11) is 0. The van der Waals surface area contributed by atoms with E-state index in [1.165, 1.54) is 18.2 Å². The largest absolute Gasteiger partial charge is 0.467 e. The van der Waals surface area contributed by atoms with Gasteiger partial charge in [-0.1, -0.05) is 25.6 Å². The van der Waals surface area contributed by atoms with Crippen LogP contribution in [0.3, 0.4) is 0 Å². The number of hydrogen-bond donors (Lipinski definition) is 1. The topological polar surface area (TPSA) is 76.2 Å². The maximum absolute atomic E-state index is 12.2. The first-order chi connectivity index (χ1) is 13.2. The molecule has 28 heavy (non-hydrogen) atoms. The van der Waals surface area contributed by atoms with E-state index in [0.717, 1.165) is 30.0 Å². The number of carbonyl (C=O) groups excluding carboxylic acids is 1. The number of nitrogens with zero attached hydrogens (tertiary/aromatic N) is 4. The molecule has 2 aromatic rings. The number of anilines is 1. The number of nitrogens with one attached hydrogen (secondary N) is 1. The van der Waals surface area contributed by atoms with Crippen molar-refractivity contribution in [2.75, 3.05) is 23.7 Å². The van der Waals surface area contributed by atoms with Crippen molar-refractivity contribution in [3.63, 3.8) is 0 Å². The Hall–Kier alpha value is -1.96. The maximum Gasteiger partial charge on any atom is 0.230 e. The third-order valence-electron chi connectivity index (χ3n) is 4.59. The van der Waals surface area contributed by atoms with Crippen LogP contribution in [-0.2, 0) is 11.3 Å². The van der Waals surface area contributed by atoms with Gasteiger partial charge in [0.05, 0.1) is 18.6 Å². The second kappa shape index (κ2) is 8.59. The SMILES string of the molecule is C[C@@H]1C[C@@H](C)CN(c2nnc(SCC(=O)NC(C)(C)C)n2Cc2ccco2)C1. The third kappa shape index (κ3) is 5.53. The lowest BCUT2D eigenvalue weighted by Gasteiger charge is -2.35. The Bertz CT molecular complexity index is 771. The van der Waals surface area contributed by atoms with E-state index in [1.54, 1.807) is 6.26 Å². The zero-order valence-corrected chi connectivity index (χ0v) is 18.3. The molecule has 0 aromatic carbocycles. The first-order valence-electron chi connectivity index (χ1n) is 9.85. The summed E-state index contributed by atoms with van der Waals surface area (Å²) in [6.07, 6.45) is 2.91. The Morgan fingerprint density at radius 1 is 1.29 bits per heavy atom. The van der Waals surface area contributed by atoms with Gasteiger partial charge >= 0.3 is 0 Å². The molecule has 2 aromatic heterocycles. The van der Waals surface area contributed by atoms with E-state index >= 15 is 0 Å². The molecule has 0 radical (unpaired) electrons. The molecule has 154 valence electrons. The molecule has 1 aliphatic rings. The number of amides is 1. The Labute approximate surface area is 171 Å². The lowest BCUT2D eigenvalue weighted by molar-refractivity contribution is -0.119. The van der Waals surface area contributed by atoms with E-state index in [0.29, 0.717) is 24.1 Å². The van der Waals surface area contributed by atoms with Gasteiger partial charge in [-0.05, 0) is 51.2 Å². The number of aromatic nitrogens is 3. The van der Waals surface area contributed by atoms with Crippen LogP contribution in [0.15, 0.2) is 28.0 Å². The first-order valence-corrected chi connectivity index (χ1v) is 10.8. The van der Waals surface area contributed by atoms with Crippen LogP contribution < -0.4 is 10.2 Å². The lowest BCUT2D eigenvalue weighted by Crippen LogP contribution is -2.41. The van der Waals surface area contributed by atoms with Crippen LogP contribution >= 0.6 is 11.8 Å². The molecule has 0 saturated carbocycles. The van der Waals surface area contributed by atoms with Crippen molar-refractivity contribution in [2.24, 2.45) is 11.8 Å². The van der Waals surface area contributed by atoms with Crippen molar-refractivity contribution in [1.29, 1.82) is 0 Å². The van der Waals surface area contributed by atoms with Gasteiger partial charge in [0.25, 0.3) is 0 Å². The van der Waals surface area contributed by atoms with E-state index in [1.807, 2.05) is 32.9 Å². The normalized spacial score (nSPS) is 20.4. The molecule has 1 saturated heterocycles. The summed E-state index contributed by atoms with van der Waals surface area (Å²) >= 11 is 1.41. The van der Waals surface area contributed by atoms with Crippen LogP contribution in [0.5, 0.6) is 0 Å². The lowest BCUT2D eigenvalue weighted by atomic mass is 9.92. The van der Waals surface area contributed by atoms with Crippen molar-refractivity contribution >= 4 is 23.6 Å². The van der Waals surface area contributed by atoms with Crippen LogP contribution in [0.4, 0.5) is 5.95 Å². The number of piperidine rings is 1. The Morgan fingerprint density at radius 3 is 2.61 bits per heavy atom. The fourth-order valence-corrected chi connectivity index (χ4v) is 4.46. The van der Waals surface area contributed by atoms with Crippen LogP contribution in [0, 0.1) is 11.8 Å². The monoisotopic (exact) mass is 405 g/mol. The minimum atomic E-state index is -0.245. The molecule has 0 aliphatic carbocycles. The van der Waals surface area contributed by atoms with Crippen molar-refractivity contribution < 1.29 is 9.21 Å². The summed E-state index contributed by atoms with van der Waals surface area (Å²) in [5.41, 5.74) is -0.245. The molecule has 1 fully saturated rings. The second-order valence-corrected chi connectivity index (χ2v) is 9.83. The summed E-state index contributed by atoms with van der Waals surface area (Å²) in [6, 6.07) is 3.83. The number of rotatable bonds is 6. The van der Waals surface area contributed by atoms with E-state index < -0.39 is 0 Å². The Kier molecular flexibility index (Phi) is 6.37. The first kappa shape index (κ1) is 20.8. The average molecular weight is 406 g/mol. The van der Waals surface area contributed by atoms with Gasteiger partial charge in [-0.2, -0.15) is 0 Å². The predicted octanol–water partition coefficient (Wildman–Crippen LogP) is 3.41. The summed E-state index contributed by atoms with van der Waals surface area (Å²) in [6.45, 7) is 13.0. The van der Waals surface area contributed by atoms with Gasteiger partial charge in [0.1, 0.15) is 5.76 Å². The van der Waals surface area contributed by atoms with Crippen LogP contribution in [-0.4, -0.2) is 45.1 Å². The Morgan fingerprint density at radius 2 is 2.00 bits per heavy atom. The van der Waals surface area contributed by atoms with Gasteiger partial charge in [0, 0.05) is 18.6 Å². The summed E-state index contributed by atoms with van der Waals surface area (Å²) in [5.74, 6) is 3.23. The highest BCUT2D eigenvalue weighted by Gasteiger charge is 2.27. The number of furan rings is 1. The molecule has 2 atom stereocenters. The molecule has 0 spiro atoms. The van der Waals surface area contributed by atoms with Gasteiger partial charge in [-0.15, -0.1) is 10.2 Å². The standard InChI is InChI=1S/C20H31N5O2S/c1-14-9-15(2)11-24(10-14)18-22-23-19(25(18)12-16-7-6-8-27-16)28-13-17(26)21-20(3,4)5/h6-8,14-15H,9-13H2,1-5H3,(H,21,26)/t14-,15-/m1/s1. The van der Waals surface area contributed by atoms with Crippen molar-refractivity contribution in [2.45, 2.75) is 58.3 Å². The number of thioether (sulfide) groups is 1. The van der Waals surface area contributed by atoms with E-state index in [4.69, 9.17) is 4.42 Å². The molecule has 1 aliphatic heterocycles. The van der Waals surface area contributed by atoms with Crippen LogP contribution in [0.25, 0.3) is 0 Å². The van der Waals surface area contributed by atoms with Crippen LogP contribution in [0.2, 0.25) is 0 Å². The van der Waals surface area contributed by atoms with Gasteiger partial charge in [-0.3, -0.25) is 9.36 Å². The third-order valence-corrected chi connectivity index (χ3v) is 5.56. The summed E-state index contributed by atoms with van der Waals surface area (Å²) < 4.78 is 7.62. The molecule has 1 amide bonds. The molecular weight excluding hydrogens is 374 g/mol. The molecule has 3 rings (SSSR count). The fraction of sp³-hybridized carbons (Fsp3) is 0.650. The van der Waals surface area contributed by atoms with Gasteiger partial charge in [0.15, 0.2) is 5.16 Å². The van der Waals surface area contributed by atoms with E-state index in [2.05, 4.69) is 38.8 Å². The Balaban J connectivity index is 1.79. The van der Waals surface area contributed by atoms with E-state index in [-0.39, 0.29) is 11.4 Å².